The van der Waals surface area contributed by atoms with Crippen molar-refractivity contribution in [3.63, 3.8) is 0 Å². The number of hydrogen-bond acceptors (Lipinski definition) is 2. The zero-order valence-corrected chi connectivity index (χ0v) is 10.4. The zero-order chi connectivity index (χ0) is 11.3. The number of benzene rings is 1. The molecule has 3 nitrogen and oxygen atoms in total. The van der Waals surface area contributed by atoms with Crippen LogP contribution in [-0.2, 0) is 10.1 Å². The summed E-state index contributed by atoms with van der Waals surface area (Å²) in [5, 5.41) is 3.40. The maximum absolute atomic E-state index is 11.3. The first-order valence-electron chi connectivity index (χ1n) is 4.75. The fourth-order valence-electron chi connectivity index (χ4n) is 1.11. The van der Waals surface area contributed by atoms with Gasteiger partial charge in [0, 0.05) is 11.0 Å². The SMILES string of the molecule is CC(C)OC(=O)Nc1ccccc1CBr. The van der Waals surface area contributed by atoms with E-state index in [0.29, 0.717) is 5.33 Å². The van der Waals surface area contributed by atoms with E-state index in [0.717, 1.165) is 11.3 Å². The quantitative estimate of drug-likeness (QED) is 0.855. The van der Waals surface area contributed by atoms with Crippen LogP contribution in [0.5, 0.6) is 0 Å². The Balaban J connectivity index is 2.67. The van der Waals surface area contributed by atoms with E-state index in [2.05, 4.69) is 21.2 Å². The third-order valence-electron chi connectivity index (χ3n) is 1.74. The van der Waals surface area contributed by atoms with Gasteiger partial charge in [0.25, 0.3) is 0 Å². The van der Waals surface area contributed by atoms with E-state index in [1.807, 2.05) is 38.1 Å². The first-order chi connectivity index (χ1) is 7.13. The first kappa shape index (κ1) is 12.0. The number of hydrogen-bond donors (Lipinski definition) is 1. The van der Waals surface area contributed by atoms with E-state index < -0.39 is 6.09 Å². The Bertz CT molecular complexity index is 339. The summed E-state index contributed by atoms with van der Waals surface area (Å²) in [6, 6.07) is 7.59. The molecule has 0 bridgehead atoms. The Morgan fingerprint density at radius 3 is 2.73 bits per heavy atom. The van der Waals surface area contributed by atoms with Gasteiger partial charge in [-0.15, -0.1) is 0 Å². The van der Waals surface area contributed by atoms with Crippen LogP contribution in [0.15, 0.2) is 24.3 Å². The van der Waals surface area contributed by atoms with Gasteiger partial charge in [0.1, 0.15) is 0 Å². The van der Waals surface area contributed by atoms with E-state index in [-0.39, 0.29) is 6.10 Å². The van der Waals surface area contributed by atoms with Crippen LogP contribution in [0.3, 0.4) is 0 Å². The van der Waals surface area contributed by atoms with Crippen LogP contribution in [0.2, 0.25) is 0 Å². The molecule has 1 aromatic rings. The lowest BCUT2D eigenvalue weighted by Gasteiger charge is -2.11. The van der Waals surface area contributed by atoms with Gasteiger partial charge < -0.3 is 4.74 Å². The molecule has 0 aliphatic carbocycles. The van der Waals surface area contributed by atoms with Crippen molar-refractivity contribution >= 4 is 27.7 Å². The second-order valence-corrected chi connectivity index (χ2v) is 3.93. The largest absolute Gasteiger partial charge is 0.447 e. The molecule has 0 spiro atoms. The molecule has 15 heavy (non-hydrogen) atoms. The first-order valence-corrected chi connectivity index (χ1v) is 5.87. The Labute approximate surface area is 97.9 Å². The summed E-state index contributed by atoms with van der Waals surface area (Å²) in [4.78, 5) is 11.3. The summed E-state index contributed by atoms with van der Waals surface area (Å²) in [7, 11) is 0. The molecule has 1 N–H and O–H groups in total. The molecule has 0 atom stereocenters. The Morgan fingerprint density at radius 2 is 2.13 bits per heavy atom. The molecule has 82 valence electrons. The number of rotatable bonds is 3. The maximum Gasteiger partial charge on any atom is 0.411 e. The van der Waals surface area contributed by atoms with Crippen LogP contribution in [0.4, 0.5) is 10.5 Å². The second-order valence-electron chi connectivity index (χ2n) is 3.37. The van der Waals surface area contributed by atoms with Gasteiger partial charge >= 0.3 is 6.09 Å². The van der Waals surface area contributed by atoms with E-state index in [4.69, 9.17) is 4.74 Å². The minimum absolute atomic E-state index is 0.110. The number of anilines is 1. The van der Waals surface area contributed by atoms with Gasteiger partial charge in [-0.2, -0.15) is 0 Å². The Hall–Kier alpha value is -1.03. The van der Waals surface area contributed by atoms with Gasteiger partial charge in [0.05, 0.1) is 6.10 Å². The Morgan fingerprint density at radius 1 is 1.47 bits per heavy atom. The molecule has 0 fully saturated rings. The van der Waals surface area contributed by atoms with Crippen molar-refractivity contribution in [2.75, 3.05) is 5.32 Å². The Kier molecular flexibility index (Phi) is 4.62. The molecule has 1 aromatic carbocycles. The number of nitrogens with one attached hydrogen (secondary N) is 1. The summed E-state index contributed by atoms with van der Waals surface area (Å²) in [6.45, 7) is 3.63. The van der Waals surface area contributed by atoms with Crippen LogP contribution in [-0.4, -0.2) is 12.2 Å². The summed E-state index contributed by atoms with van der Waals surface area (Å²) in [5.41, 5.74) is 1.80. The number of alkyl halides is 1. The number of para-hydroxylation sites is 1. The summed E-state index contributed by atoms with van der Waals surface area (Å²) < 4.78 is 4.99. The monoisotopic (exact) mass is 271 g/mol. The maximum atomic E-state index is 11.3. The van der Waals surface area contributed by atoms with Crippen LogP contribution in [0, 0.1) is 0 Å². The van der Waals surface area contributed by atoms with Crippen LogP contribution >= 0.6 is 15.9 Å². The number of carbonyl (C=O) groups is 1. The van der Waals surface area contributed by atoms with Gasteiger partial charge in [-0.25, -0.2) is 4.79 Å². The summed E-state index contributed by atoms with van der Waals surface area (Å²) in [6.07, 6.45) is -0.528. The lowest BCUT2D eigenvalue weighted by atomic mass is 10.2. The van der Waals surface area contributed by atoms with E-state index in [9.17, 15) is 4.79 Å². The van der Waals surface area contributed by atoms with Crippen LogP contribution < -0.4 is 5.32 Å². The van der Waals surface area contributed by atoms with Crippen molar-refractivity contribution in [2.24, 2.45) is 0 Å². The molecule has 0 heterocycles. The van der Waals surface area contributed by atoms with Crippen molar-refractivity contribution in [3.8, 4) is 0 Å². The average molecular weight is 272 g/mol. The van der Waals surface area contributed by atoms with Gasteiger partial charge in [-0.1, -0.05) is 34.1 Å². The summed E-state index contributed by atoms with van der Waals surface area (Å²) >= 11 is 3.36. The van der Waals surface area contributed by atoms with Gasteiger partial charge in [0.2, 0.25) is 0 Å². The molecule has 0 aromatic heterocycles. The topological polar surface area (TPSA) is 38.3 Å². The highest BCUT2D eigenvalue weighted by atomic mass is 79.9. The van der Waals surface area contributed by atoms with Crippen LogP contribution in [0.1, 0.15) is 19.4 Å². The minimum atomic E-state index is -0.418. The minimum Gasteiger partial charge on any atom is -0.447 e. The molecule has 0 unspecified atom stereocenters. The number of carbonyl (C=O) groups excluding carboxylic acids is 1. The molecule has 1 amide bonds. The molecule has 0 saturated heterocycles. The molecule has 0 aliphatic heterocycles. The predicted octanol–water partition coefficient (Wildman–Crippen LogP) is 3.54. The molecule has 0 aliphatic rings. The van der Waals surface area contributed by atoms with Crippen molar-refractivity contribution in [2.45, 2.75) is 25.3 Å². The number of ether oxygens (including phenoxy) is 1. The van der Waals surface area contributed by atoms with Crippen molar-refractivity contribution in [1.29, 1.82) is 0 Å². The average Bonchev–Trinajstić information content (AvgIpc) is 2.17. The molecule has 0 saturated carbocycles. The zero-order valence-electron chi connectivity index (χ0n) is 8.79. The van der Waals surface area contributed by atoms with Gasteiger partial charge in [0.15, 0.2) is 0 Å². The molecular weight excluding hydrogens is 258 g/mol. The third-order valence-corrected chi connectivity index (χ3v) is 2.34. The number of amides is 1. The van der Waals surface area contributed by atoms with E-state index >= 15 is 0 Å². The molecule has 4 heteroatoms. The van der Waals surface area contributed by atoms with Crippen molar-refractivity contribution < 1.29 is 9.53 Å². The third kappa shape index (κ3) is 3.91. The second kappa shape index (κ2) is 5.75. The standard InChI is InChI=1S/C11H14BrNO2/c1-8(2)15-11(14)13-10-6-4-3-5-9(10)7-12/h3-6,8H,7H2,1-2H3,(H,13,14). The van der Waals surface area contributed by atoms with Crippen molar-refractivity contribution in [1.82, 2.24) is 0 Å². The lowest BCUT2D eigenvalue weighted by molar-refractivity contribution is 0.130. The normalized spacial score (nSPS) is 10.1. The molecule has 0 radical (unpaired) electrons. The highest BCUT2D eigenvalue weighted by molar-refractivity contribution is 9.08. The smallest absolute Gasteiger partial charge is 0.411 e. The van der Waals surface area contributed by atoms with Gasteiger partial charge in [-0.05, 0) is 25.5 Å². The molecular formula is C11H14BrNO2. The fraction of sp³-hybridized carbons (Fsp3) is 0.364. The highest BCUT2D eigenvalue weighted by Crippen LogP contribution is 2.18. The predicted molar refractivity (Wildman–Crippen MR) is 64.3 cm³/mol. The van der Waals surface area contributed by atoms with Crippen LogP contribution in [0.25, 0.3) is 0 Å². The highest BCUT2D eigenvalue weighted by Gasteiger charge is 2.07. The van der Waals surface area contributed by atoms with E-state index in [1.165, 1.54) is 0 Å². The van der Waals surface area contributed by atoms with Crippen molar-refractivity contribution in [3.05, 3.63) is 29.8 Å². The lowest BCUT2D eigenvalue weighted by Crippen LogP contribution is -2.18. The fourth-order valence-corrected chi connectivity index (χ4v) is 1.60. The molecule has 1 rings (SSSR count). The van der Waals surface area contributed by atoms with E-state index in [1.54, 1.807) is 0 Å². The van der Waals surface area contributed by atoms with Gasteiger partial charge in [-0.3, -0.25) is 5.32 Å². The summed E-state index contributed by atoms with van der Waals surface area (Å²) in [5.74, 6) is 0. The number of halogens is 1.